The smallest absolute Gasteiger partial charge is 0.408 e. The van der Waals surface area contributed by atoms with Crippen LogP contribution in [0.5, 0.6) is 0 Å². The number of benzene rings is 1. The van der Waals surface area contributed by atoms with Crippen LogP contribution in [0.25, 0.3) is 10.8 Å². The second kappa shape index (κ2) is 7.17. The number of carbonyl (C=O) groups is 2. The SMILES string of the molecule is CC(NC(=O)OC(C)(C)C)C(=O)Nc1cc2ccccc2c(Br)n1. The van der Waals surface area contributed by atoms with Crippen molar-refractivity contribution in [3.05, 3.63) is 34.9 Å². The van der Waals surface area contributed by atoms with Gasteiger partial charge in [0, 0.05) is 5.39 Å². The third-order valence-electron chi connectivity index (χ3n) is 3.07. The summed E-state index contributed by atoms with van der Waals surface area (Å²) in [5, 5.41) is 7.09. The number of rotatable bonds is 3. The molecule has 2 rings (SSSR count). The number of hydrogen-bond donors (Lipinski definition) is 2. The highest BCUT2D eigenvalue weighted by Crippen LogP contribution is 2.24. The molecule has 24 heavy (non-hydrogen) atoms. The molecule has 0 aliphatic rings. The number of alkyl carbamates (subject to hydrolysis) is 1. The first kappa shape index (κ1) is 18.2. The van der Waals surface area contributed by atoms with E-state index in [1.54, 1.807) is 33.8 Å². The monoisotopic (exact) mass is 393 g/mol. The fraction of sp³-hybridized carbons (Fsp3) is 0.353. The largest absolute Gasteiger partial charge is 0.444 e. The van der Waals surface area contributed by atoms with Gasteiger partial charge in [-0.25, -0.2) is 9.78 Å². The van der Waals surface area contributed by atoms with Gasteiger partial charge in [-0.2, -0.15) is 0 Å². The molecule has 2 N–H and O–H groups in total. The summed E-state index contributed by atoms with van der Waals surface area (Å²) in [6, 6.07) is 8.71. The van der Waals surface area contributed by atoms with E-state index in [0.717, 1.165) is 10.8 Å². The standard InChI is InChI=1S/C17H20BrN3O3/c1-10(19-16(23)24-17(2,3)4)15(22)21-13-9-11-7-5-6-8-12(11)14(18)20-13/h5-10H,1-4H3,(H,19,23)(H,20,21,22). The Labute approximate surface area is 149 Å². The number of halogens is 1. The summed E-state index contributed by atoms with van der Waals surface area (Å²) >= 11 is 3.40. The highest BCUT2D eigenvalue weighted by atomic mass is 79.9. The number of pyridine rings is 1. The van der Waals surface area contributed by atoms with Crippen LogP contribution in [0, 0.1) is 0 Å². The number of hydrogen-bond acceptors (Lipinski definition) is 4. The third kappa shape index (κ3) is 4.92. The average Bonchev–Trinajstić information content (AvgIpc) is 2.45. The Bertz CT molecular complexity index is 771. The zero-order valence-corrected chi connectivity index (χ0v) is 15.6. The number of anilines is 1. The predicted molar refractivity (Wildman–Crippen MR) is 96.9 cm³/mol. The Morgan fingerprint density at radius 1 is 1.25 bits per heavy atom. The third-order valence-corrected chi connectivity index (χ3v) is 3.68. The van der Waals surface area contributed by atoms with E-state index in [0.29, 0.717) is 10.4 Å². The van der Waals surface area contributed by atoms with Crippen LogP contribution < -0.4 is 10.6 Å². The van der Waals surface area contributed by atoms with Crippen molar-refractivity contribution in [1.29, 1.82) is 0 Å². The average molecular weight is 394 g/mol. The van der Waals surface area contributed by atoms with E-state index in [1.165, 1.54) is 0 Å². The van der Waals surface area contributed by atoms with Gasteiger partial charge in [-0.05, 0) is 55.1 Å². The van der Waals surface area contributed by atoms with Gasteiger partial charge >= 0.3 is 6.09 Å². The molecular formula is C17H20BrN3O3. The van der Waals surface area contributed by atoms with Gasteiger partial charge < -0.3 is 15.4 Å². The van der Waals surface area contributed by atoms with E-state index in [9.17, 15) is 9.59 Å². The Kier molecular flexibility index (Phi) is 5.43. The first-order valence-electron chi connectivity index (χ1n) is 7.51. The fourth-order valence-corrected chi connectivity index (χ4v) is 2.56. The van der Waals surface area contributed by atoms with E-state index >= 15 is 0 Å². The lowest BCUT2D eigenvalue weighted by molar-refractivity contribution is -0.117. The molecule has 1 aromatic heterocycles. The second-order valence-corrected chi connectivity index (χ2v) is 7.13. The van der Waals surface area contributed by atoms with Crippen molar-refractivity contribution in [2.75, 3.05) is 5.32 Å². The van der Waals surface area contributed by atoms with Gasteiger partial charge in [0.1, 0.15) is 22.1 Å². The van der Waals surface area contributed by atoms with Crippen molar-refractivity contribution < 1.29 is 14.3 Å². The highest BCUT2D eigenvalue weighted by Gasteiger charge is 2.21. The minimum Gasteiger partial charge on any atom is -0.444 e. The lowest BCUT2D eigenvalue weighted by Crippen LogP contribution is -2.44. The maximum atomic E-state index is 12.2. The van der Waals surface area contributed by atoms with Gasteiger partial charge in [-0.15, -0.1) is 0 Å². The molecule has 0 aliphatic heterocycles. The summed E-state index contributed by atoms with van der Waals surface area (Å²) in [5.41, 5.74) is -0.620. The molecule has 128 valence electrons. The number of nitrogens with zero attached hydrogens (tertiary/aromatic N) is 1. The molecule has 0 saturated carbocycles. The molecule has 2 aromatic rings. The van der Waals surface area contributed by atoms with Crippen LogP contribution in [0.15, 0.2) is 34.9 Å². The first-order chi connectivity index (χ1) is 11.2. The van der Waals surface area contributed by atoms with Crippen LogP contribution in [0.3, 0.4) is 0 Å². The number of ether oxygens (including phenoxy) is 1. The van der Waals surface area contributed by atoms with Crippen molar-refractivity contribution in [2.24, 2.45) is 0 Å². The zero-order valence-electron chi connectivity index (χ0n) is 14.0. The van der Waals surface area contributed by atoms with Crippen LogP contribution in [0.1, 0.15) is 27.7 Å². The number of fused-ring (bicyclic) bond motifs is 1. The van der Waals surface area contributed by atoms with Crippen LogP contribution in [0.4, 0.5) is 10.6 Å². The molecule has 6 nitrogen and oxygen atoms in total. The van der Waals surface area contributed by atoms with Gasteiger partial charge in [0.25, 0.3) is 0 Å². The summed E-state index contributed by atoms with van der Waals surface area (Å²) in [6.07, 6.45) is -0.641. The van der Waals surface area contributed by atoms with Crippen LogP contribution in [-0.2, 0) is 9.53 Å². The van der Waals surface area contributed by atoms with Crippen molar-refractivity contribution in [3.8, 4) is 0 Å². The van der Waals surface area contributed by atoms with Crippen LogP contribution >= 0.6 is 15.9 Å². The van der Waals surface area contributed by atoms with Gasteiger partial charge in [0.2, 0.25) is 5.91 Å². The summed E-state index contributed by atoms with van der Waals surface area (Å²) in [7, 11) is 0. The summed E-state index contributed by atoms with van der Waals surface area (Å²) in [5.74, 6) is 0.0268. The molecule has 0 radical (unpaired) electrons. The van der Waals surface area contributed by atoms with E-state index in [1.807, 2.05) is 24.3 Å². The Morgan fingerprint density at radius 3 is 2.58 bits per heavy atom. The molecule has 1 aromatic carbocycles. The Hall–Kier alpha value is -2.15. The minimum absolute atomic E-state index is 0.379. The molecule has 0 bridgehead atoms. The summed E-state index contributed by atoms with van der Waals surface area (Å²) < 4.78 is 5.77. The number of carbonyl (C=O) groups excluding carboxylic acids is 2. The van der Waals surface area contributed by atoms with Crippen LogP contribution in [0.2, 0.25) is 0 Å². The topological polar surface area (TPSA) is 80.3 Å². The van der Waals surface area contributed by atoms with E-state index in [-0.39, 0.29) is 5.91 Å². The number of aromatic nitrogens is 1. The summed E-state index contributed by atoms with van der Waals surface area (Å²) in [6.45, 7) is 6.85. The Morgan fingerprint density at radius 2 is 1.92 bits per heavy atom. The highest BCUT2D eigenvalue weighted by molar-refractivity contribution is 9.10. The molecule has 1 heterocycles. The lowest BCUT2D eigenvalue weighted by Gasteiger charge is -2.21. The van der Waals surface area contributed by atoms with Crippen molar-refractivity contribution in [2.45, 2.75) is 39.3 Å². The van der Waals surface area contributed by atoms with Crippen molar-refractivity contribution in [1.82, 2.24) is 10.3 Å². The fourth-order valence-electron chi connectivity index (χ4n) is 2.00. The summed E-state index contributed by atoms with van der Waals surface area (Å²) in [4.78, 5) is 28.2. The quantitative estimate of drug-likeness (QED) is 0.775. The van der Waals surface area contributed by atoms with Crippen LogP contribution in [-0.4, -0.2) is 28.6 Å². The normalized spacial score (nSPS) is 12.5. The van der Waals surface area contributed by atoms with E-state index < -0.39 is 17.7 Å². The van der Waals surface area contributed by atoms with Gasteiger partial charge in [0.15, 0.2) is 0 Å². The van der Waals surface area contributed by atoms with Gasteiger partial charge in [0.05, 0.1) is 0 Å². The van der Waals surface area contributed by atoms with Crippen molar-refractivity contribution in [3.63, 3.8) is 0 Å². The second-order valence-electron chi connectivity index (χ2n) is 6.38. The predicted octanol–water partition coefficient (Wildman–Crippen LogP) is 3.85. The van der Waals surface area contributed by atoms with E-state index in [4.69, 9.17) is 4.74 Å². The maximum absolute atomic E-state index is 12.2. The Balaban J connectivity index is 2.05. The minimum atomic E-state index is -0.758. The first-order valence-corrected chi connectivity index (χ1v) is 8.31. The molecule has 7 heteroatoms. The lowest BCUT2D eigenvalue weighted by atomic mass is 10.2. The maximum Gasteiger partial charge on any atom is 0.408 e. The molecule has 1 unspecified atom stereocenters. The zero-order chi connectivity index (χ0) is 17.9. The molecule has 0 spiro atoms. The number of amides is 2. The van der Waals surface area contributed by atoms with Crippen molar-refractivity contribution >= 4 is 44.5 Å². The molecule has 0 saturated heterocycles. The van der Waals surface area contributed by atoms with Gasteiger partial charge in [-0.3, -0.25) is 4.79 Å². The molecule has 2 amide bonds. The molecule has 1 atom stereocenters. The molecular weight excluding hydrogens is 374 g/mol. The molecule has 0 fully saturated rings. The van der Waals surface area contributed by atoms with Gasteiger partial charge in [-0.1, -0.05) is 24.3 Å². The molecule has 0 aliphatic carbocycles. The van der Waals surface area contributed by atoms with E-state index in [2.05, 4.69) is 31.5 Å². The number of nitrogens with one attached hydrogen (secondary N) is 2.